The van der Waals surface area contributed by atoms with Gasteiger partial charge in [0.05, 0.1) is 0 Å². The van der Waals surface area contributed by atoms with Crippen LogP contribution in [0.5, 0.6) is 11.5 Å². The molecule has 0 saturated carbocycles. The first kappa shape index (κ1) is 26.3. The predicted molar refractivity (Wildman–Crippen MR) is 137 cm³/mol. The third-order valence-electron chi connectivity index (χ3n) is 6.34. The molecule has 0 spiro atoms. The number of aryl methyl sites for hydroxylation is 1. The van der Waals surface area contributed by atoms with Crippen LogP contribution in [-0.2, 0) is 11.2 Å². The van der Waals surface area contributed by atoms with E-state index in [1.807, 2.05) is 6.07 Å². The highest BCUT2D eigenvalue weighted by Crippen LogP contribution is 2.34. The van der Waals surface area contributed by atoms with Crippen LogP contribution in [-0.4, -0.2) is 49.4 Å². The van der Waals surface area contributed by atoms with Gasteiger partial charge in [0.1, 0.15) is 19.0 Å². The summed E-state index contributed by atoms with van der Waals surface area (Å²) < 4.78 is 37.3. The zero-order valence-corrected chi connectivity index (χ0v) is 20.6. The van der Waals surface area contributed by atoms with E-state index in [1.165, 1.54) is 50.2 Å². The Kier molecular flexibility index (Phi) is 8.85. The lowest BCUT2D eigenvalue weighted by molar-refractivity contribution is -0.114. The van der Waals surface area contributed by atoms with Crippen molar-refractivity contribution in [3.8, 4) is 22.6 Å². The SMILES string of the molecule is Fc1cc(CCCN2CCCC2)cc2c1OCCO2.NC(=O)C(=O)c1ccc(-c2ccc(F)cc2)cc1. The molecule has 0 aliphatic carbocycles. The van der Waals surface area contributed by atoms with Gasteiger partial charge in [-0.2, -0.15) is 0 Å². The molecule has 2 N–H and O–H groups in total. The lowest BCUT2D eigenvalue weighted by atomic mass is 10.0. The summed E-state index contributed by atoms with van der Waals surface area (Å²) in [7, 11) is 0. The first-order valence-electron chi connectivity index (χ1n) is 12.4. The number of hydrogen-bond donors (Lipinski definition) is 1. The van der Waals surface area contributed by atoms with Gasteiger partial charge >= 0.3 is 0 Å². The molecule has 8 heteroatoms. The minimum atomic E-state index is -0.982. The Labute approximate surface area is 215 Å². The number of nitrogens with zero attached hydrogens (tertiary/aromatic N) is 1. The first-order valence-corrected chi connectivity index (χ1v) is 12.4. The second-order valence-electron chi connectivity index (χ2n) is 9.03. The number of primary amides is 1. The minimum absolute atomic E-state index is 0.244. The van der Waals surface area contributed by atoms with Gasteiger partial charge in [-0.15, -0.1) is 0 Å². The van der Waals surface area contributed by atoms with E-state index in [2.05, 4.69) is 4.90 Å². The normalized spacial score (nSPS) is 14.5. The summed E-state index contributed by atoms with van der Waals surface area (Å²) in [6, 6.07) is 15.9. The summed E-state index contributed by atoms with van der Waals surface area (Å²) in [5.74, 6) is -1.48. The highest BCUT2D eigenvalue weighted by atomic mass is 19.1. The van der Waals surface area contributed by atoms with Crippen molar-refractivity contribution < 1.29 is 27.8 Å². The molecule has 1 saturated heterocycles. The predicted octanol–water partition coefficient (Wildman–Crippen LogP) is 4.79. The Hall–Kier alpha value is -3.78. The average Bonchev–Trinajstić information content (AvgIpc) is 3.43. The van der Waals surface area contributed by atoms with Crippen LogP contribution in [0.3, 0.4) is 0 Å². The van der Waals surface area contributed by atoms with Crippen LogP contribution in [0.2, 0.25) is 0 Å². The largest absolute Gasteiger partial charge is 0.486 e. The molecule has 37 heavy (non-hydrogen) atoms. The van der Waals surface area contributed by atoms with Crippen LogP contribution in [0.15, 0.2) is 60.7 Å². The van der Waals surface area contributed by atoms with Crippen molar-refractivity contribution >= 4 is 11.7 Å². The van der Waals surface area contributed by atoms with Crippen molar-refractivity contribution in [2.45, 2.75) is 25.7 Å². The van der Waals surface area contributed by atoms with E-state index in [4.69, 9.17) is 15.2 Å². The van der Waals surface area contributed by atoms with Gasteiger partial charge in [0.2, 0.25) is 5.78 Å². The highest BCUT2D eigenvalue weighted by Gasteiger charge is 2.18. The van der Waals surface area contributed by atoms with Crippen molar-refractivity contribution in [1.29, 1.82) is 0 Å². The number of fused-ring (bicyclic) bond motifs is 1. The Bertz CT molecular complexity index is 1220. The summed E-state index contributed by atoms with van der Waals surface area (Å²) >= 11 is 0. The van der Waals surface area contributed by atoms with Gasteiger partial charge in [-0.1, -0.05) is 36.4 Å². The fraction of sp³-hybridized carbons (Fsp3) is 0.310. The third kappa shape index (κ3) is 7.13. The number of likely N-dealkylation sites (tertiary alicyclic amines) is 1. The van der Waals surface area contributed by atoms with Crippen LogP contribution < -0.4 is 15.2 Å². The zero-order chi connectivity index (χ0) is 26.2. The van der Waals surface area contributed by atoms with E-state index in [0.717, 1.165) is 36.1 Å². The van der Waals surface area contributed by atoms with E-state index in [1.54, 1.807) is 30.3 Å². The number of carbonyl (C=O) groups excluding carboxylic acids is 2. The number of Topliss-reactive ketones (excluding diaryl/α,β-unsaturated/α-hetero) is 1. The van der Waals surface area contributed by atoms with Crippen LogP contribution in [0.25, 0.3) is 11.1 Å². The number of hydrogen-bond acceptors (Lipinski definition) is 5. The van der Waals surface area contributed by atoms with Crippen LogP contribution >= 0.6 is 0 Å². The fourth-order valence-corrected chi connectivity index (χ4v) is 4.42. The zero-order valence-electron chi connectivity index (χ0n) is 20.6. The van der Waals surface area contributed by atoms with Crippen LogP contribution in [0, 0.1) is 11.6 Å². The van der Waals surface area contributed by atoms with Crippen LogP contribution in [0.1, 0.15) is 35.2 Å². The number of carbonyl (C=O) groups is 2. The van der Waals surface area contributed by atoms with E-state index < -0.39 is 11.7 Å². The van der Waals surface area contributed by atoms with Crippen LogP contribution in [0.4, 0.5) is 8.78 Å². The number of amides is 1. The van der Waals surface area contributed by atoms with Crippen molar-refractivity contribution in [2.75, 3.05) is 32.8 Å². The molecule has 3 aromatic carbocycles. The third-order valence-corrected chi connectivity index (χ3v) is 6.34. The lowest BCUT2D eigenvalue weighted by Gasteiger charge is -2.20. The molecule has 0 bridgehead atoms. The number of benzene rings is 3. The fourth-order valence-electron chi connectivity index (χ4n) is 4.42. The summed E-state index contributed by atoms with van der Waals surface area (Å²) in [4.78, 5) is 24.5. The van der Waals surface area contributed by atoms with E-state index >= 15 is 0 Å². The molecule has 0 unspecified atom stereocenters. The molecule has 6 nitrogen and oxygen atoms in total. The molecular weight excluding hydrogens is 478 g/mol. The maximum absolute atomic E-state index is 13.8. The molecule has 1 fully saturated rings. The first-order chi connectivity index (χ1) is 17.9. The van der Waals surface area contributed by atoms with Gasteiger partial charge in [-0.05, 0) is 86.3 Å². The van der Waals surface area contributed by atoms with Crippen molar-refractivity contribution in [3.63, 3.8) is 0 Å². The molecule has 194 valence electrons. The Morgan fingerprint density at radius 1 is 0.865 bits per heavy atom. The summed E-state index contributed by atoms with van der Waals surface area (Å²) in [5.41, 5.74) is 7.81. The van der Waals surface area contributed by atoms with Crippen molar-refractivity contribution in [3.05, 3.63) is 83.4 Å². The van der Waals surface area contributed by atoms with Crippen molar-refractivity contribution in [2.24, 2.45) is 5.73 Å². The molecule has 3 aromatic rings. The van der Waals surface area contributed by atoms with Gasteiger partial charge in [-0.3, -0.25) is 9.59 Å². The van der Waals surface area contributed by atoms with Gasteiger partial charge in [0.15, 0.2) is 17.3 Å². The van der Waals surface area contributed by atoms with Gasteiger partial charge < -0.3 is 20.1 Å². The highest BCUT2D eigenvalue weighted by molar-refractivity contribution is 6.42. The number of halogens is 2. The summed E-state index contributed by atoms with van der Waals surface area (Å²) in [6.45, 7) is 4.48. The monoisotopic (exact) mass is 508 g/mol. The van der Waals surface area contributed by atoms with Gasteiger partial charge in [-0.25, -0.2) is 8.78 Å². The molecule has 0 atom stereocenters. The van der Waals surface area contributed by atoms with Crippen molar-refractivity contribution in [1.82, 2.24) is 4.90 Å². The Balaban J connectivity index is 0.000000173. The Morgan fingerprint density at radius 3 is 2.14 bits per heavy atom. The number of ketones is 1. The number of ether oxygens (including phenoxy) is 2. The van der Waals surface area contributed by atoms with Gasteiger partial charge in [0.25, 0.3) is 5.91 Å². The Morgan fingerprint density at radius 2 is 1.49 bits per heavy atom. The molecular formula is C29H30F2N2O4. The maximum Gasteiger partial charge on any atom is 0.289 e. The molecule has 2 aliphatic rings. The minimum Gasteiger partial charge on any atom is -0.486 e. The maximum atomic E-state index is 13.8. The quantitative estimate of drug-likeness (QED) is 0.367. The molecule has 2 heterocycles. The summed E-state index contributed by atoms with van der Waals surface area (Å²) in [5, 5.41) is 0. The molecule has 0 radical (unpaired) electrons. The smallest absolute Gasteiger partial charge is 0.289 e. The average molecular weight is 509 g/mol. The second kappa shape index (κ2) is 12.5. The van der Waals surface area contributed by atoms with E-state index in [-0.39, 0.29) is 22.9 Å². The molecule has 2 aliphatic heterocycles. The molecule has 1 amide bonds. The second-order valence-corrected chi connectivity index (χ2v) is 9.03. The topological polar surface area (TPSA) is 81.9 Å². The number of rotatable bonds is 7. The molecule has 0 aromatic heterocycles. The van der Waals surface area contributed by atoms with Gasteiger partial charge in [0, 0.05) is 5.56 Å². The summed E-state index contributed by atoms with van der Waals surface area (Å²) in [6.07, 6.45) is 4.60. The molecule has 5 rings (SSSR count). The van der Waals surface area contributed by atoms with E-state index in [0.29, 0.717) is 19.0 Å². The standard InChI is InChI=1S/C15H20FNO2.C14H10FNO2/c16-13-10-12(4-3-7-17-5-1-2-6-17)11-14-15(13)19-9-8-18-14;15-12-7-5-10(6-8-12)9-1-3-11(4-2-9)13(17)14(16)18/h10-11H,1-9H2;1-8H,(H2,16,18). The lowest BCUT2D eigenvalue weighted by Crippen LogP contribution is -2.22. The van der Waals surface area contributed by atoms with E-state index in [9.17, 15) is 18.4 Å². The number of nitrogens with two attached hydrogens (primary N) is 1.